The minimum absolute atomic E-state index is 0.00152. The molecule has 0 unspecified atom stereocenters. The number of benzene rings is 4. The number of fused-ring (bicyclic) bond motifs is 4. The summed E-state index contributed by atoms with van der Waals surface area (Å²) >= 11 is 31.9. The van der Waals surface area contributed by atoms with Crippen LogP contribution in [0.25, 0.3) is 77.4 Å². The molecule has 5 aliphatic rings. The molecule has 0 radical (unpaired) electrons. The highest BCUT2D eigenvalue weighted by Crippen LogP contribution is 2.48. The van der Waals surface area contributed by atoms with Crippen LogP contribution in [-0.2, 0) is 46.9 Å². The van der Waals surface area contributed by atoms with Gasteiger partial charge < -0.3 is 81.1 Å². The summed E-state index contributed by atoms with van der Waals surface area (Å²) in [5.41, 5.74) is 22.2. The second-order valence-corrected chi connectivity index (χ2v) is 39.9. The Labute approximate surface area is 861 Å². The van der Waals surface area contributed by atoms with Gasteiger partial charge in [-0.1, -0.05) is 71.2 Å². The van der Waals surface area contributed by atoms with Crippen molar-refractivity contribution in [1.29, 1.82) is 0 Å². The fourth-order valence-electron chi connectivity index (χ4n) is 16.7. The van der Waals surface area contributed by atoms with Gasteiger partial charge in [-0.2, -0.15) is 39.5 Å². The normalized spacial score (nSPS) is 15.5. The van der Waals surface area contributed by atoms with Crippen LogP contribution in [-0.4, -0.2) is 225 Å². The number of rotatable bonds is 10. The van der Waals surface area contributed by atoms with Gasteiger partial charge >= 0.3 is 43.8 Å². The lowest BCUT2D eigenvalue weighted by Gasteiger charge is -2.36. The minimum Gasteiger partial charge on any atom is -0.478 e. The number of carbonyl (C=O) groups excluding carboxylic acids is 3. The van der Waals surface area contributed by atoms with Gasteiger partial charge in [0.2, 0.25) is 5.91 Å². The summed E-state index contributed by atoms with van der Waals surface area (Å²) < 4.78 is 147. The van der Waals surface area contributed by atoms with E-state index in [1.54, 1.807) is 45.3 Å². The number of alkyl halides is 9. The molecule has 0 atom stereocenters. The Morgan fingerprint density at radius 3 is 0.966 bits per heavy atom. The number of aromatic nitrogens is 12. The molecular formula is C99H110BCl5F9N23O9. The number of aryl methyl sites for hydroxylation is 4. The number of nitrogens with two attached hydrogens (primary N) is 4. The minimum atomic E-state index is -4.65. The Hall–Kier alpha value is -13.0. The van der Waals surface area contributed by atoms with Gasteiger partial charge in [0.05, 0.1) is 82.1 Å². The van der Waals surface area contributed by atoms with Crippen LogP contribution in [0.5, 0.6) is 0 Å². The van der Waals surface area contributed by atoms with Gasteiger partial charge in [0.15, 0.2) is 0 Å². The van der Waals surface area contributed by atoms with Crippen LogP contribution >= 0.6 is 58.0 Å². The highest BCUT2D eigenvalue weighted by Gasteiger charge is 2.53. The Kier molecular flexibility index (Phi) is 34.6. The fraction of sp³-hybridized carbons (Fsp3) is 0.394. The van der Waals surface area contributed by atoms with Crippen LogP contribution in [0.2, 0.25) is 25.2 Å². The van der Waals surface area contributed by atoms with E-state index in [1.165, 1.54) is 88.6 Å². The first-order valence-corrected chi connectivity index (χ1v) is 47.9. The Balaban J connectivity index is 0.000000165. The zero-order valence-corrected chi connectivity index (χ0v) is 86.5. The number of piperidine rings is 1. The van der Waals surface area contributed by atoms with Crippen LogP contribution < -0.4 is 48.0 Å². The number of carboxylic acid groups (broad SMARTS) is 1. The van der Waals surface area contributed by atoms with E-state index in [2.05, 4.69) is 82.8 Å². The van der Waals surface area contributed by atoms with Crippen LogP contribution in [0.4, 0.5) is 95.6 Å². The first-order valence-electron chi connectivity index (χ1n) is 46.0. The molecule has 4 aromatic carbocycles. The van der Waals surface area contributed by atoms with E-state index in [9.17, 15) is 58.7 Å². The van der Waals surface area contributed by atoms with Gasteiger partial charge in [0.25, 0.3) is 0 Å². The first-order chi connectivity index (χ1) is 68.2. The summed E-state index contributed by atoms with van der Waals surface area (Å²) in [4.78, 5) is 110. The maximum atomic E-state index is 13.9. The molecule has 5 fully saturated rings. The van der Waals surface area contributed by atoms with Crippen molar-refractivity contribution in [2.24, 2.45) is 0 Å². The Morgan fingerprint density at radius 2 is 0.678 bits per heavy atom. The average Bonchev–Trinajstić information content (AvgIpc) is 1.76. The molecule has 8 aromatic heterocycles. The highest BCUT2D eigenvalue weighted by molar-refractivity contribution is 6.66. The predicted molar refractivity (Wildman–Crippen MR) is 552 cm³/mol. The van der Waals surface area contributed by atoms with Crippen molar-refractivity contribution in [3.63, 3.8) is 0 Å². The Bertz CT molecular complexity index is 6900. The maximum Gasteiger partial charge on any atom is 0.496 e. The molecule has 0 saturated carbocycles. The lowest BCUT2D eigenvalue weighted by molar-refractivity contribution is -0.138. The van der Waals surface area contributed by atoms with Gasteiger partial charge in [-0.25, -0.2) is 74.2 Å². The molecule has 9 N–H and O–H groups in total. The van der Waals surface area contributed by atoms with Crippen molar-refractivity contribution in [1.82, 2.24) is 74.5 Å². The lowest BCUT2D eigenvalue weighted by Crippen LogP contribution is -2.50. The first kappa shape index (κ1) is 112. The molecule has 0 spiro atoms. The Morgan fingerprint density at radius 1 is 0.397 bits per heavy atom. The molecule has 32 nitrogen and oxygen atoms in total. The number of carbonyl (C=O) groups is 4. The molecular weight excluding hydrogens is 2010 g/mol. The van der Waals surface area contributed by atoms with Gasteiger partial charge in [-0.15, -0.1) is 0 Å². The number of hydrogen-bond donors (Lipinski definition) is 5. The van der Waals surface area contributed by atoms with E-state index >= 15 is 0 Å². The summed E-state index contributed by atoms with van der Waals surface area (Å²) in [5.74, 6) is 1.98. The number of anilines is 8. The number of piperazine rings is 3. The summed E-state index contributed by atoms with van der Waals surface area (Å²) in [5, 5.41) is 11.7. The van der Waals surface area contributed by atoms with Crippen molar-refractivity contribution >= 4 is 185 Å². The van der Waals surface area contributed by atoms with Crippen molar-refractivity contribution in [2.75, 3.05) is 134 Å². The zero-order chi connectivity index (χ0) is 107. The number of aliphatic carboxylic acids is 1. The number of pyridine rings is 4. The number of nitrogen functional groups attached to an aromatic ring is 4. The van der Waals surface area contributed by atoms with Crippen molar-refractivity contribution in [2.45, 2.75) is 164 Å². The van der Waals surface area contributed by atoms with Crippen molar-refractivity contribution in [3.05, 3.63) is 193 Å². The van der Waals surface area contributed by atoms with Crippen LogP contribution in [0.1, 0.15) is 133 Å². The number of amides is 3. The predicted octanol–water partition coefficient (Wildman–Crippen LogP) is 20.5. The number of hydrogen-bond acceptors (Lipinski definition) is 28. The number of halogens is 14. The van der Waals surface area contributed by atoms with Crippen LogP contribution in [0, 0.1) is 34.6 Å². The molecule has 5 aliphatic heterocycles. The molecule has 776 valence electrons. The van der Waals surface area contributed by atoms with E-state index in [0.717, 1.165) is 71.1 Å². The molecule has 0 aliphatic carbocycles. The third-order valence-electron chi connectivity index (χ3n) is 24.5. The third kappa shape index (κ3) is 26.7. The molecule has 12 aromatic rings. The molecule has 13 heterocycles. The summed E-state index contributed by atoms with van der Waals surface area (Å²) in [7, 11) is -0.567. The second kappa shape index (κ2) is 45.1. The topological polar surface area (TPSA) is 407 Å². The maximum absolute atomic E-state index is 13.9. The SMILES string of the molecule is C=CC(=O)N1CCN(c2ncnc3cc(-c4nc(N)cc(C)c4C(F)(F)F)c(Cl)cc23)CC1.C=CC(=O)O.CC(C)(C)OC(=O)N1CCN(c2ncnc3cc(B4OC(C)(C)C(C)(C)O4)c(Cl)cc23)CC1.Cc1cc(N)nc(-c2cc3ncnc(N4CCCCC4)c3cc2Cl)c1C(F)(F)F.Cc1cc(N)nc(-c2cc3ncnc(N4CCN(C(=O)OC(C)(C)C)CC4)c3cc2Cl)c1C(F)(F)F.Cc1cc(N)nc(Cl)c1C. The molecule has 17 rings (SSSR count). The summed E-state index contributed by atoms with van der Waals surface area (Å²) in [6.07, 6.45) is -3.47. The largest absolute Gasteiger partial charge is 0.496 e. The van der Waals surface area contributed by atoms with Gasteiger partial charge in [-0.05, 0) is 230 Å². The standard InChI is InChI=1S/C24H26ClF3N6O2.C23H32BClN4O4.C22H20ClF3N6O.C20H19ClF3N5.C7H9ClN2.C3H4O2/c1-13-9-18(29)32-20(19(13)24(26,27)28)14-11-17-15(10-16(14)25)21(31-12-30-17)33-5-7-34(8-6-33)22(35)36-23(2,3)4;1-21(2,3)31-20(30)29-10-8-28(9-11-29)19-15-12-17(25)16(13-18(15)26-14-27-19)24-32-22(4,5)23(6,7)33-24;1-3-18(33)31-4-6-32(7-5-31)21-14-9-15(23)13(10-16(14)28-11-29-21)20-19(22(24,25)26)12(2)8-17(27)30-20;1-11-7-16(25)28-18(17(11)20(22,23)24)12-9-15-13(8-14(12)21)19(27-10-26-15)29-5-3-2-4-6-29;1-4-3-6(9)10-7(8)5(4)2;1-2-3(4)5/h9-12H,5-8H2,1-4H3,(H2,29,32);12-14H,8-11H2,1-7H3;3,8-11H,1,4-7H2,2H3,(H2,27,30);7-10H,2-6H2,1H3,(H2,25,28);3H,1-2H3,(H2,9,10);2H,1H2,(H,4,5). The van der Waals surface area contributed by atoms with Crippen molar-refractivity contribution < 1.29 is 82.6 Å². The van der Waals surface area contributed by atoms with Crippen LogP contribution in [0.15, 0.2) is 123 Å². The van der Waals surface area contributed by atoms with E-state index in [-0.39, 0.29) is 101 Å². The van der Waals surface area contributed by atoms with E-state index in [0.29, 0.717) is 139 Å². The monoisotopic (exact) mass is 2120 g/mol. The average molecular weight is 2130 g/mol. The quantitative estimate of drug-likeness (QED) is 0.0367. The number of carboxylic acids is 1. The molecule has 0 bridgehead atoms. The molecule has 5 saturated heterocycles. The smallest absolute Gasteiger partial charge is 0.478 e. The van der Waals surface area contributed by atoms with E-state index in [4.69, 9.17) is 105 Å². The molecule has 3 amide bonds. The molecule has 146 heavy (non-hydrogen) atoms. The third-order valence-corrected chi connectivity index (χ3v) is 26.2. The summed E-state index contributed by atoms with van der Waals surface area (Å²) in [6, 6.07) is 18.4. The zero-order valence-electron chi connectivity index (χ0n) is 82.7. The van der Waals surface area contributed by atoms with E-state index < -0.39 is 70.7 Å². The lowest BCUT2D eigenvalue weighted by atomic mass is 9.78. The number of ether oxygens (including phenoxy) is 2. The van der Waals surface area contributed by atoms with Gasteiger partial charge in [0.1, 0.15) is 88.2 Å². The van der Waals surface area contributed by atoms with Crippen molar-refractivity contribution in [3.8, 4) is 33.8 Å². The second-order valence-electron chi connectivity index (χ2n) is 37.9. The summed E-state index contributed by atoms with van der Waals surface area (Å²) in [6.45, 7) is 41.5. The highest BCUT2D eigenvalue weighted by atomic mass is 35.5. The fourth-order valence-corrected chi connectivity index (χ4v) is 17.9. The molecule has 47 heteroatoms. The number of nitrogens with zero attached hydrogens (tertiary/aromatic N) is 19. The van der Waals surface area contributed by atoms with Gasteiger partial charge in [-0.3, -0.25) is 4.79 Å². The van der Waals surface area contributed by atoms with E-state index in [1.807, 2.05) is 105 Å². The van der Waals surface area contributed by atoms with Crippen LogP contribution in [0.3, 0.4) is 0 Å². The van der Waals surface area contributed by atoms with Gasteiger partial charge in [0, 0.05) is 146 Å².